The van der Waals surface area contributed by atoms with E-state index < -0.39 is 17.6 Å². The molecule has 0 saturated carbocycles. The monoisotopic (exact) mass is 642 g/mol. The number of halogens is 4. The first kappa shape index (κ1) is 29.3. The average Bonchev–Trinajstić information content (AvgIpc) is 2.93. The number of anilines is 1. The van der Waals surface area contributed by atoms with Crippen LogP contribution in [0.15, 0.2) is 83.3 Å². The van der Waals surface area contributed by atoms with E-state index in [-0.39, 0.29) is 39.9 Å². The van der Waals surface area contributed by atoms with Gasteiger partial charge in [-0.2, -0.15) is 0 Å². The summed E-state index contributed by atoms with van der Waals surface area (Å²) >= 11 is 15.6. The molecular weight excluding hydrogens is 622 g/mol. The highest BCUT2D eigenvalue weighted by atomic mass is 79.9. The third kappa shape index (κ3) is 7.07. The zero-order chi connectivity index (χ0) is 28.8. The summed E-state index contributed by atoms with van der Waals surface area (Å²) in [4.78, 5) is 38.7. The molecule has 0 heterocycles. The Morgan fingerprint density at radius 1 is 0.850 bits per heavy atom. The Balaban J connectivity index is 1.49. The Kier molecular flexibility index (Phi) is 9.58. The number of hydrogen-bond donors (Lipinski definition) is 2. The summed E-state index contributed by atoms with van der Waals surface area (Å²) in [7, 11) is 1.47. The van der Waals surface area contributed by atoms with Crippen molar-refractivity contribution in [2.24, 2.45) is 0 Å². The Morgan fingerprint density at radius 2 is 1.57 bits per heavy atom. The molecule has 6 nitrogen and oxygen atoms in total. The van der Waals surface area contributed by atoms with Crippen LogP contribution in [0.1, 0.15) is 42.2 Å². The van der Waals surface area contributed by atoms with Crippen molar-refractivity contribution in [3.8, 4) is 5.75 Å². The van der Waals surface area contributed by atoms with Crippen LogP contribution in [-0.4, -0.2) is 24.7 Å². The van der Waals surface area contributed by atoms with Crippen LogP contribution >= 0.6 is 39.1 Å². The van der Waals surface area contributed by atoms with Gasteiger partial charge in [-0.15, -0.1) is 0 Å². The summed E-state index contributed by atoms with van der Waals surface area (Å²) in [6, 6.07) is 20.8. The lowest BCUT2D eigenvalue weighted by atomic mass is 10.0. The van der Waals surface area contributed by atoms with Crippen LogP contribution in [0.25, 0.3) is 0 Å². The van der Waals surface area contributed by atoms with E-state index in [4.69, 9.17) is 27.9 Å². The number of methoxy groups -OCH3 is 1. The number of ether oxygens (including phenoxy) is 1. The number of carbonyl (C=O) groups is 3. The molecule has 0 fully saturated rings. The molecule has 4 aromatic carbocycles. The minimum Gasteiger partial charge on any atom is -0.496 e. The molecule has 0 unspecified atom stereocenters. The number of carbonyl (C=O) groups excluding carboxylic acids is 3. The van der Waals surface area contributed by atoms with Gasteiger partial charge in [-0.05, 0) is 65.7 Å². The van der Waals surface area contributed by atoms with Crippen LogP contribution in [0.4, 0.5) is 10.1 Å². The molecule has 4 rings (SSSR count). The molecule has 204 valence electrons. The molecule has 0 aliphatic carbocycles. The maximum absolute atomic E-state index is 14.1. The van der Waals surface area contributed by atoms with Gasteiger partial charge < -0.3 is 15.4 Å². The predicted molar refractivity (Wildman–Crippen MR) is 157 cm³/mol. The smallest absolute Gasteiger partial charge is 0.257 e. The van der Waals surface area contributed by atoms with Crippen molar-refractivity contribution in [1.82, 2.24) is 5.32 Å². The van der Waals surface area contributed by atoms with Gasteiger partial charge in [-0.1, -0.05) is 63.4 Å². The molecule has 0 aliphatic rings. The van der Waals surface area contributed by atoms with E-state index in [0.717, 1.165) is 16.1 Å². The Bertz CT molecular complexity index is 1580. The van der Waals surface area contributed by atoms with E-state index in [2.05, 4.69) is 26.6 Å². The number of benzene rings is 4. The lowest BCUT2D eigenvalue weighted by Gasteiger charge is -2.13. The Morgan fingerprint density at radius 3 is 2.27 bits per heavy atom. The molecule has 0 aliphatic heterocycles. The van der Waals surface area contributed by atoms with E-state index >= 15 is 0 Å². The quantitative estimate of drug-likeness (QED) is 0.185. The second-order valence-corrected chi connectivity index (χ2v) is 10.4. The van der Waals surface area contributed by atoms with Crippen LogP contribution < -0.4 is 15.4 Å². The van der Waals surface area contributed by atoms with Crippen molar-refractivity contribution < 1.29 is 23.5 Å². The number of nitrogens with one attached hydrogen (secondary N) is 2. The van der Waals surface area contributed by atoms with Crippen molar-refractivity contribution in [2.45, 2.75) is 13.0 Å². The molecule has 40 heavy (non-hydrogen) atoms. The topological polar surface area (TPSA) is 84.5 Å². The van der Waals surface area contributed by atoms with E-state index in [9.17, 15) is 18.8 Å². The summed E-state index contributed by atoms with van der Waals surface area (Å²) in [5.41, 5.74) is 1.96. The molecule has 0 radical (unpaired) electrons. The fourth-order valence-corrected chi connectivity index (χ4v) is 4.64. The first-order chi connectivity index (χ1) is 19.2. The standard InChI is InChI=1S/C30H22BrCl2FN2O4/c1-40-27-12-10-20(15-22(27)26(37)14-17-5-8-19(31)9-6-17)36-29(38)21-13-18(7-11-23(21)32)16-35-30(39)28-24(33)3-2-4-25(28)34/h2-13,15H,14,16H2,1H3,(H,35,39)(H,36,38). The SMILES string of the molecule is COc1ccc(NC(=O)c2cc(CNC(=O)c3c(F)cccc3Cl)ccc2Cl)cc1C(=O)Cc1ccc(Br)cc1. The minimum atomic E-state index is -0.740. The van der Waals surface area contributed by atoms with Gasteiger partial charge in [0, 0.05) is 23.1 Å². The first-order valence-corrected chi connectivity index (χ1v) is 13.5. The molecule has 0 aromatic heterocycles. The van der Waals surface area contributed by atoms with Gasteiger partial charge in [-0.25, -0.2) is 4.39 Å². The van der Waals surface area contributed by atoms with Gasteiger partial charge in [0.2, 0.25) is 0 Å². The third-order valence-corrected chi connectivity index (χ3v) is 7.13. The molecule has 2 N–H and O–H groups in total. The van der Waals surface area contributed by atoms with Crippen molar-refractivity contribution >= 4 is 62.4 Å². The Labute approximate surface area is 248 Å². The van der Waals surface area contributed by atoms with Crippen molar-refractivity contribution in [3.05, 3.63) is 127 Å². The van der Waals surface area contributed by atoms with Crippen LogP contribution in [0.2, 0.25) is 10.0 Å². The van der Waals surface area contributed by atoms with Crippen LogP contribution in [0.3, 0.4) is 0 Å². The zero-order valence-corrected chi connectivity index (χ0v) is 24.2. The normalized spacial score (nSPS) is 10.6. The van der Waals surface area contributed by atoms with Crippen LogP contribution in [0.5, 0.6) is 5.75 Å². The number of Topliss-reactive ketones (excluding diaryl/α,β-unsaturated/α-hetero) is 1. The van der Waals surface area contributed by atoms with Crippen molar-refractivity contribution in [3.63, 3.8) is 0 Å². The highest BCUT2D eigenvalue weighted by Gasteiger charge is 2.18. The molecule has 0 atom stereocenters. The van der Waals surface area contributed by atoms with E-state index in [1.165, 1.54) is 31.4 Å². The predicted octanol–water partition coefficient (Wildman–Crippen LogP) is 7.51. The maximum atomic E-state index is 14.1. The number of ketones is 1. The van der Waals surface area contributed by atoms with Crippen molar-refractivity contribution in [2.75, 3.05) is 12.4 Å². The van der Waals surface area contributed by atoms with Gasteiger partial charge in [-0.3, -0.25) is 14.4 Å². The second-order valence-electron chi connectivity index (χ2n) is 8.69. The summed E-state index contributed by atoms with van der Waals surface area (Å²) < 4.78 is 20.3. The maximum Gasteiger partial charge on any atom is 0.257 e. The lowest BCUT2D eigenvalue weighted by Crippen LogP contribution is -2.24. The largest absolute Gasteiger partial charge is 0.496 e. The second kappa shape index (κ2) is 13.1. The molecule has 0 saturated heterocycles. The highest BCUT2D eigenvalue weighted by Crippen LogP contribution is 2.26. The highest BCUT2D eigenvalue weighted by molar-refractivity contribution is 9.10. The van der Waals surface area contributed by atoms with Gasteiger partial charge in [0.15, 0.2) is 5.78 Å². The van der Waals surface area contributed by atoms with Crippen molar-refractivity contribution in [1.29, 1.82) is 0 Å². The fourth-order valence-electron chi connectivity index (χ4n) is 3.93. The molecule has 2 amide bonds. The molecule has 4 aromatic rings. The van der Waals surface area contributed by atoms with Gasteiger partial charge in [0.1, 0.15) is 11.6 Å². The van der Waals surface area contributed by atoms with Gasteiger partial charge in [0.05, 0.1) is 33.8 Å². The number of rotatable bonds is 9. The number of hydrogen-bond acceptors (Lipinski definition) is 4. The molecule has 0 bridgehead atoms. The first-order valence-electron chi connectivity index (χ1n) is 11.9. The van der Waals surface area contributed by atoms with Crippen LogP contribution in [0, 0.1) is 5.82 Å². The van der Waals surface area contributed by atoms with E-state index in [1.54, 1.807) is 24.3 Å². The molecule has 10 heteroatoms. The molecule has 0 spiro atoms. The Hall–Kier alpha value is -3.72. The fraction of sp³-hybridized carbons (Fsp3) is 0.100. The van der Waals surface area contributed by atoms with Crippen LogP contribution in [-0.2, 0) is 13.0 Å². The van der Waals surface area contributed by atoms with Gasteiger partial charge in [0.25, 0.3) is 11.8 Å². The van der Waals surface area contributed by atoms with Gasteiger partial charge >= 0.3 is 0 Å². The number of amides is 2. The summed E-state index contributed by atoms with van der Waals surface area (Å²) in [6.45, 7) is -0.00180. The zero-order valence-electron chi connectivity index (χ0n) is 21.1. The average molecular weight is 644 g/mol. The summed E-state index contributed by atoms with van der Waals surface area (Å²) in [5, 5.41) is 5.53. The van der Waals surface area contributed by atoms with E-state index in [1.807, 2.05) is 24.3 Å². The third-order valence-electron chi connectivity index (χ3n) is 5.95. The lowest BCUT2D eigenvalue weighted by molar-refractivity contribution is 0.0945. The molecular formula is C30H22BrCl2FN2O4. The summed E-state index contributed by atoms with van der Waals surface area (Å²) in [5.74, 6) is -1.75. The minimum absolute atomic E-state index is 0.00180. The van der Waals surface area contributed by atoms with E-state index in [0.29, 0.717) is 22.6 Å². The summed E-state index contributed by atoms with van der Waals surface area (Å²) in [6.07, 6.45) is 0.152.